The molecule has 1 aromatic heterocycles. The zero-order chi connectivity index (χ0) is 17.1. The van der Waals surface area contributed by atoms with E-state index in [1.807, 2.05) is 30.3 Å². The second-order valence-corrected chi connectivity index (χ2v) is 6.11. The van der Waals surface area contributed by atoms with Crippen LogP contribution in [0, 0.1) is 6.92 Å². The molecule has 0 aliphatic rings. The summed E-state index contributed by atoms with van der Waals surface area (Å²) in [5, 5.41) is 1.85. The molecule has 0 radical (unpaired) electrons. The summed E-state index contributed by atoms with van der Waals surface area (Å²) >= 11 is 5.92. The lowest BCUT2D eigenvalue weighted by molar-refractivity contribution is -0.136. The first kappa shape index (κ1) is 16.3. The largest absolute Gasteiger partial charge is 0.466 e. The second-order valence-electron chi connectivity index (χ2n) is 5.67. The van der Waals surface area contributed by atoms with Crippen molar-refractivity contribution in [1.82, 2.24) is 4.57 Å². The standard InChI is InChI=1S/C20H18ClNO2/c1-14-12-22(19-6-4-3-5-18(14)19)13-16(20(23)24-2)11-15-7-9-17(21)10-8-15/h3-12H,13H2,1-2H3/b16-11+. The average Bonchev–Trinajstić information content (AvgIpc) is 2.92. The Hall–Kier alpha value is -2.52. The SMILES string of the molecule is COC(=O)/C(=C/c1ccc(Cl)cc1)Cn1cc(C)c2ccccc21. The molecule has 0 amide bonds. The zero-order valence-corrected chi connectivity index (χ0v) is 14.4. The lowest BCUT2D eigenvalue weighted by Gasteiger charge is -2.09. The van der Waals surface area contributed by atoms with Gasteiger partial charge in [-0.15, -0.1) is 0 Å². The molecule has 3 rings (SSSR count). The van der Waals surface area contributed by atoms with Gasteiger partial charge in [-0.1, -0.05) is 41.9 Å². The Balaban J connectivity index is 2.00. The highest BCUT2D eigenvalue weighted by Crippen LogP contribution is 2.22. The van der Waals surface area contributed by atoms with Gasteiger partial charge in [-0.25, -0.2) is 4.79 Å². The summed E-state index contributed by atoms with van der Waals surface area (Å²) < 4.78 is 7.03. The summed E-state index contributed by atoms with van der Waals surface area (Å²) in [5.74, 6) is -0.333. The van der Waals surface area contributed by atoms with E-state index in [1.54, 1.807) is 12.1 Å². The van der Waals surface area contributed by atoms with Crippen LogP contribution in [0.15, 0.2) is 60.3 Å². The van der Waals surface area contributed by atoms with Crippen LogP contribution in [0.25, 0.3) is 17.0 Å². The van der Waals surface area contributed by atoms with E-state index in [0.717, 1.165) is 11.1 Å². The molecule has 0 spiro atoms. The van der Waals surface area contributed by atoms with Crippen molar-refractivity contribution in [2.24, 2.45) is 0 Å². The van der Waals surface area contributed by atoms with Gasteiger partial charge in [0.25, 0.3) is 0 Å². The van der Waals surface area contributed by atoms with Gasteiger partial charge in [0.2, 0.25) is 0 Å². The van der Waals surface area contributed by atoms with Crippen LogP contribution in [0.4, 0.5) is 0 Å². The predicted octanol–water partition coefficient (Wildman–Crippen LogP) is 4.86. The minimum Gasteiger partial charge on any atom is -0.466 e. The van der Waals surface area contributed by atoms with Gasteiger partial charge < -0.3 is 9.30 Å². The third-order valence-electron chi connectivity index (χ3n) is 3.99. The molecule has 3 aromatic rings. The number of rotatable bonds is 4. The third kappa shape index (κ3) is 3.36. The van der Waals surface area contributed by atoms with E-state index in [1.165, 1.54) is 18.1 Å². The Morgan fingerprint density at radius 2 is 1.88 bits per heavy atom. The van der Waals surface area contributed by atoms with E-state index in [-0.39, 0.29) is 5.97 Å². The quantitative estimate of drug-likeness (QED) is 0.502. The number of hydrogen-bond acceptors (Lipinski definition) is 2. The molecule has 122 valence electrons. The molecule has 0 unspecified atom stereocenters. The lowest BCUT2D eigenvalue weighted by Crippen LogP contribution is -2.11. The minimum absolute atomic E-state index is 0.333. The molecular formula is C20H18ClNO2. The van der Waals surface area contributed by atoms with Gasteiger partial charge in [0.1, 0.15) is 0 Å². The fourth-order valence-electron chi connectivity index (χ4n) is 2.81. The number of hydrogen-bond donors (Lipinski definition) is 0. The second kappa shape index (κ2) is 6.93. The Labute approximate surface area is 146 Å². The number of esters is 1. The number of ether oxygens (including phenoxy) is 1. The molecule has 0 bridgehead atoms. The number of methoxy groups -OCH3 is 1. The maximum Gasteiger partial charge on any atom is 0.335 e. The van der Waals surface area contributed by atoms with Crippen LogP contribution in [-0.2, 0) is 16.1 Å². The maximum absolute atomic E-state index is 12.2. The molecule has 0 aliphatic carbocycles. The number of fused-ring (bicyclic) bond motifs is 1. The summed E-state index contributed by atoms with van der Waals surface area (Å²) in [6.07, 6.45) is 3.90. The molecular weight excluding hydrogens is 322 g/mol. The van der Waals surface area contributed by atoms with E-state index in [9.17, 15) is 4.79 Å². The highest BCUT2D eigenvalue weighted by Gasteiger charge is 2.13. The average molecular weight is 340 g/mol. The number of aromatic nitrogens is 1. The minimum atomic E-state index is -0.333. The van der Waals surface area contributed by atoms with Gasteiger partial charge in [-0.2, -0.15) is 0 Å². The van der Waals surface area contributed by atoms with Crippen LogP contribution < -0.4 is 0 Å². The van der Waals surface area contributed by atoms with Crippen LogP contribution >= 0.6 is 11.6 Å². The fourth-order valence-corrected chi connectivity index (χ4v) is 2.93. The van der Waals surface area contributed by atoms with Gasteiger partial charge in [0.15, 0.2) is 0 Å². The van der Waals surface area contributed by atoms with Crippen molar-refractivity contribution in [2.75, 3.05) is 7.11 Å². The highest BCUT2D eigenvalue weighted by atomic mass is 35.5. The molecule has 0 saturated heterocycles. The summed E-state index contributed by atoms with van der Waals surface area (Å²) in [5.41, 5.74) is 3.77. The van der Waals surface area contributed by atoms with Gasteiger partial charge in [0.05, 0.1) is 19.2 Å². The number of halogens is 1. The Morgan fingerprint density at radius 1 is 1.17 bits per heavy atom. The molecule has 0 fully saturated rings. The van der Waals surface area contributed by atoms with E-state index in [2.05, 4.69) is 29.8 Å². The summed E-state index contributed by atoms with van der Waals surface area (Å²) in [7, 11) is 1.40. The third-order valence-corrected chi connectivity index (χ3v) is 4.24. The molecule has 0 atom stereocenters. The smallest absolute Gasteiger partial charge is 0.335 e. The number of benzene rings is 2. The highest BCUT2D eigenvalue weighted by molar-refractivity contribution is 6.30. The van der Waals surface area contributed by atoms with Crippen molar-refractivity contribution < 1.29 is 9.53 Å². The van der Waals surface area contributed by atoms with Crippen molar-refractivity contribution in [3.8, 4) is 0 Å². The molecule has 0 N–H and O–H groups in total. The fraction of sp³-hybridized carbons (Fsp3) is 0.150. The monoisotopic (exact) mass is 339 g/mol. The molecule has 4 heteroatoms. The van der Waals surface area contributed by atoms with Crippen LogP contribution in [0.3, 0.4) is 0 Å². The van der Waals surface area contributed by atoms with Gasteiger partial charge in [-0.3, -0.25) is 0 Å². The number of carbonyl (C=O) groups excluding carboxylic acids is 1. The van der Waals surface area contributed by atoms with Crippen molar-refractivity contribution in [2.45, 2.75) is 13.5 Å². The Bertz CT molecular complexity index is 907. The van der Waals surface area contributed by atoms with Crippen molar-refractivity contribution in [3.05, 3.63) is 76.5 Å². The van der Waals surface area contributed by atoms with Crippen LogP contribution in [0.5, 0.6) is 0 Å². The van der Waals surface area contributed by atoms with Crippen molar-refractivity contribution in [1.29, 1.82) is 0 Å². The molecule has 0 saturated carbocycles. The van der Waals surface area contributed by atoms with Gasteiger partial charge >= 0.3 is 5.97 Å². The number of carbonyl (C=O) groups is 1. The van der Waals surface area contributed by atoms with E-state index in [4.69, 9.17) is 16.3 Å². The first-order chi connectivity index (χ1) is 11.6. The Kier molecular flexibility index (Phi) is 4.72. The van der Waals surface area contributed by atoms with Crippen LogP contribution in [0.2, 0.25) is 5.02 Å². The maximum atomic E-state index is 12.2. The molecule has 24 heavy (non-hydrogen) atoms. The first-order valence-electron chi connectivity index (χ1n) is 7.67. The van der Waals surface area contributed by atoms with E-state index in [0.29, 0.717) is 17.1 Å². The summed E-state index contributed by atoms with van der Waals surface area (Å²) in [6.45, 7) is 2.52. The Morgan fingerprint density at radius 3 is 2.58 bits per heavy atom. The van der Waals surface area contributed by atoms with E-state index >= 15 is 0 Å². The van der Waals surface area contributed by atoms with E-state index < -0.39 is 0 Å². The van der Waals surface area contributed by atoms with Gasteiger partial charge in [0, 0.05) is 22.1 Å². The van der Waals surface area contributed by atoms with Crippen molar-refractivity contribution in [3.63, 3.8) is 0 Å². The predicted molar refractivity (Wildman–Crippen MR) is 98.1 cm³/mol. The molecule has 3 nitrogen and oxygen atoms in total. The first-order valence-corrected chi connectivity index (χ1v) is 8.05. The zero-order valence-electron chi connectivity index (χ0n) is 13.6. The summed E-state index contributed by atoms with van der Waals surface area (Å²) in [4.78, 5) is 12.2. The number of aryl methyl sites for hydroxylation is 1. The van der Waals surface area contributed by atoms with Gasteiger partial charge in [-0.05, 0) is 42.3 Å². The molecule has 0 aliphatic heterocycles. The summed E-state index contributed by atoms with van der Waals surface area (Å²) in [6, 6.07) is 15.5. The number of para-hydroxylation sites is 1. The van der Waals surface area contributed by atoms with Crippen LogP contribution in [0.1, 0.15) is 11.1 Å². The van der Waals surface area contributed by atoms with Crippen LogP contribution in [-0.4, -0.2) is 17.6 Å². The normalized spacial score (nSPS) is 11.7. The number of nitrogens with zero attached hydrogens (tertiary/aromatic N) is 1. The van der Waals surface area contributed by atoms with Crippen molar-refractivity contribution >= 4 is 34.5 Å². The molecule has 1 heterocycles. The topological polar surface area (TPSA) is 31.2 Å². The lowest BCUT2D eigenvalue weighted by atomic mass is 10.1. The molecule has 2 aromatic carbocycles.